The van der Waals surface area contributed by atoms with Crippen LogP contribution in [0.2, 0.25) is 0 Å². The van der Waals surface area contributed by atoms with Crippen molar-refractivity contribution in [1.82, 2.24) is 4.90 Å². The lowest BCUT2D eigenvalue weighted by Crippen LogP contribution is -2.31. The molecule has 2 heterocycles. The number of hydrogen-bond acceptors (Lipinski definition) is 4. The molecule has 24 heavy (non-hydrogen) atoms. The summed E-state index contributed by atoms with van der Waals surface area (Å²) in [5.41, 5.74) is 2.09. The molecule has 0 spiro atoms. The zero-order valence-electron chi connectivity index (χ0n) is 13.5. The molecule has 5 heteroatoms. The number of amides is 1. The summed E-state index contributed by atoms with van der Waals surface area (Å²) >= 11 is 3.29. The minimum atomic E-state index is 0.132. The summed E-state index contributed by atoms with van der Waals surface area (Å²) in [7, 11) is 1.66. The van der Waals surface area contributed by atoms with Gasteiger partial charge < -0.3 is 9.64 Å². The molecular formula is C19H19NO2S2. The Morgan fingerprint density at radius 1 is 1.08 bits per heavy atom. The zero-order valence-corrected chi connectivity index (χ0v) is 15.1. The average molecular weight is 358 g/mol. The predicted octanol–water partition coefficient (Wildman–Crippen LogP) is 4.59. The molecule has 0 bridgehead atoms. The van der Waals surface area contributed by atoms with E-state index in [2.05, 4.69) is 6.07 Å². The van der Waals surface area contributed by atoms with Crippen LogP contribution >= 0.6 is 22.7 Å². The van der Waals surface area contributed by atoms with E-state index in [1.165, 1.54) is 4.88 Å². The van der Waals surface area contributed by atoms with Gasteiger partial charge in [-0.1, -0.05) is 24.3 Å². The quantitative estimate of drug-likeness (QED) is 0.619. The lowest BCUT2D eigenvalue weighted by Gasteiger charge is -2.23. The lowest BCUT2D eigenvalue weighted by atomic mass is 10.1. The average Bonchev–Trinajstić information content (AvgIpc) is 3.28. The van der Waals surface area contributed by atoms with Crippen molar-refractivity contribution < 1.29 is 9.53 Å². The van der Waals surface area contributed by atoms with Gasteiger partial charge in [0.15, 0.2) is 0 Å². The van der Waals surface area contributed by atoms with Crippen molar-refractivity contribution in [3.63, 3.8) is 0 Å². The Morgan fingerprint density at radius 3 is 2.67 bits per heavy atom. The van der Waals surface area contributed by atoms with Gasteiger partial charge in [0.05, 0.1) is 20.1 Å². The number of carbonyl (C=O) groups excluding carboxylic acids is 1. The highest BCUT2D eigenvalue weighted by molar-refractivity contribution is 7.09. The van der Waals surface area contributed by atoms with E-state index >= 15 is 0 Å². The molecule has 0 aliphatic heterocycles. The minimum Gasteiger partial charge on any atom is -0.496 e. The molecule has 0 N–H and O–H groups in total. The maximum Gasteiger partial charge on any atom is 0.227 e. The summed E-state index contributed by atoms with van der Waals surface area (Å²) in [6.45, 7) is 1.17. The monoisotopic (exact) mass is 357 g/mol. The highest BCUT2D eigenvalue weighted by Crippen LogP contribution is 2.22. The highest BCUT2D eigenvalue weighted by Gasteiger charge is 2.17. The normalized spacial score (nSPS) is 10.5. The van der Waals surface area contributed by atoms with Gasteiger partial charge in [-0.3, -0.25) is 4.79 Å². The molecule has 0 saturated heterocycles. The van der Waals surface area contributed by atoms with Gasteiger partial charge >= 0.3 is 0 Å². The molecule has 3 aromatic rings. The van der Waals surface area contributed by atoms with Crippen LogP contribution in [0.4, 0.5) is 0 Å². The lowest BCUT2D eigenvalue weighted by molar-refractivity contribution is -0.131. The van der Waals surface area contributed by atoms with E-state index in [1.807, 2.05) is 57.4 Å². The molecule has 2 aromatic heterocycles. The van der Waals surface area contributed by atoms with E-state index in [-0.39, 0.29) is 5.91 Å². The van der Waals surface area contributed by atoms with Crippen LogP contribution in [0, 0.1) is 0 Å². The molecule has 0 aliphatic carbocycles. The number of benzene rings is 1. The Balaban J connectivity index is 1.79. The number of hydrogen-bond donors (Lipinski definition) is 0. The topological polar surface area (TPSA) is 29.5 Å². The van der Waals surface area contributed by atoms with Gasteiger partial charge in [-0.15, -0.1) is 11.3 Å². The number of ether oxygens (including phenoxy) is 1. The third kappa shape index (κ3) is 4.24. The van der Waals surface area contributed by atoms with Crippen LogP contribution in [0.25, 0.3) is 0 Å². The summed E-state index contributed by atoms with van der Waals surface area (Å²) in [4.78, 5) is 15.9. The van der Waals surface area contributed by atoms with Crippen LogP contribution in [0.1, 0.15) is 16.0 Å². The first-order valence-electron chi connectivity index (χ1n) is 7.69. The maximum absolute atomic E-state index is 12.8. The Bertz CT molecular complexity index is 767. The van der Waals surface area contributed by atoms with Gasteiger partial charge in [-0.25, -0.2) is 0 Å². The number of methoxy groups -OCH3 is 1. The molecule has 0 fully saturated rings. The summed E-state index contributed by atoms with van der Waals surface area (Å²) < 4.78 is 5.43. The van der Waals surface area contributed by atoms with Crippen LogP contribution < -0.4 is 4.74 Å². The van der Waals surface area contributed by atoms with E-state index in [9.17, 15) is 4.79 Å². The Labute approximate surface area is 150 Å². The standard InChI is InChI=1S/C19H19NO2S2/c1-22-18-7-3-2-5-16(18)12-20(13-17-6-4-9-24-17)19(21)11-15-8-10-23-14-15/h2-10,14H,11-13H2,1H3. The molecule has 0 atom stereocenters. The van der Waals surface area contributed by atoms with Gasteiger partial charge in [0.2, 0.25) is 5.91 Å². The molecule has 124 valence electrons. The highest BCUT2D eigenvalue weighted by atomic mass is 32.1. The number of nitrogens with zero attached hydrogens (tertiary/aromatic N) is 1. The fraction of sp³-hybridized carbons (Fsp3) is 0.211. The Kier molecular flexibility index (Phi) is 5.67. The Morgan fingerprint density at radius 2 is 1.96 bits per heavy atom. The van der Waals surface area contributed by atoms with Crippen molar-refractivity contribution in [2.75, 3.05) is 7.11 Å². The molecule has 1 aromatic carbocycles. The number of thiophene rings is 2. The second-order valence-corrected chi connectivity index (χ2v) is 7.26. The van der Waals surface area contributed by atoms with E-state index in [0.717, 1.165) is 16.9 Å². The van der Waals surface area contributed by atoms with Crippen molar-refractivity contribution in [3.8, 4) is 5.75 Å². The molecule has 1 amide bonds. The van der Waals surface area contributed by atoms with Crippen LogP contribution in [-0.2, 0) is 24.3 Å². The summed E-state index contributed by atoms with van der Waals surface area (Å²) in [5, 5.41) is 6.08. The maximum atomic E-state index is 12.8. The van der Waals surface area contributed by atoms with E-state index in [0.29, 0.717) is 19.5 Å². The second-order valence-electron chi connectivity index (χ2n) is 5.45. The van der Waals surface area contributed by atoms with Gasteiger partial charge in [-0.05, 0) is 39.9 Å². The first kappa shape index (κ1) is 16.7. The van der Waals surface area contributed by atoms with Crippen molar-refractivity contribution in [3.05, 3.63) is 74.6 Å². The zero-order chi connectivity index (χ0) is 16.8. The molecule has 3 nitrogen and oxygen atoms in total. The Hall–Kier alpha value is -2.11. The van der Waals surface area contributed by atoms with Gasteiger partial charge in [0.1, 0.15) is 5.75 Å². The number of rotatable bonds is 7. The first-order chi connectivity index (χ1) is 11.8. The van der Waals surface area contributed by atoms with Gasteiger partial charge in [-0.2, -0.15) is 11.3 Å². The summed E-state index contributed by atoms with van der Waals surface area (Å²) in [6, 6.07) is 14.0. The van der Waals surface area contributed by atoms with Gasteiger partial charge in [0, 0.05) is 17.0 Å². The first-order valence-corrected chi connectivity index (χ1v) is 9.51. The van der Waals surface area contributed by atoms with Crippen molar-refractivity contribution in [2.45, 2.75) is 19.5 Å². The van der Waals surface area contributed by atoms with Gasteiger partial charge in [0.25, 0.3) is 0 Å². The molecule has 0 aliphatic rings. The molecular weight excluding hydrogens is 338 g/mol. The SMILES string of the molecule is COc1ccccc1CN(Cc1cccs1)C(=O)Cc1ccsc1. The molecule has 0 saturated carbocycles. The van der Waals surface area contributed by atoms with E-state index in [4.69, 9.17) is 4.74 Å². The predicted molar refractivity (Wildman–Crippen MR) is 99.6 cm³/mol. The van der Waals surface area contributed by atoms with Crippen molar-refractivity contribution in [1.29, 1.82) is 0 Å². The third-order valence-corrected chi connectivity index (χ3v) is 5.36. The molecule has 3 rings (SSSR count). The summed E-state index contributed by atoms with van der Waals surface area (Å²) in [5.74, 6) is 0.949. The number of para-hydroxylation sites is 1. The van der Waals surface area contributed by atoms with Crippen LogP contribution in [0.15, 0.2) is 58.6 Å². The second kappa shape index (κ2) is 8.13. The summed E-state index contributed by atoms with van der Waals surface area (Å²) in [6.07, 6.45) is 0.435. The number of carbonyl (C=O) groups is 1. The van der Waals surface area contributed by atoms with Crippen LogP contribution in [-0.4, -0.2) is 17.9 Å². The third-order valence-electron chi connectivity index (χ3n) is 3.77. The molecule has 0 unspecified atom stereocenters. The van der Waals surface area contributed by atoms with Crippen LogP contribution in [0.5, 0.6) is 5.75 Å². The smallest absolute Gasteiger partial charge is 0.227 e. The fourth-order valence-electron chi connectivity index (χ4n) is 2.54. The van der Waals surface area contributed by atoms with Crippen LogP contribution in [0.3, 0.4) is 0 Å². The van der Waals surface area contributed by atoms with E-state index < -0.39 is 0 Å². The molecule has 0 radical (unpaired) electrons. The van der Waals surface area contributed by atoms with Crippen molar-refractivity contribution >= 4 is 28.6 Å². The van der Waals surface area contributed by atoms with Crippen molar-refractivity contribution in [2.24, 2.45) is 0 Å². The van der Waals surface area contributed by atoms with E-state index in [1.54, 1.807) is 29.8 Å². The largest absolute Gasteiger partial charge is 0.496 e. The minimum absolute atomic E-state index is 0.132. The fourth-order valence-corrected chi connectivity index (χ4v) is 3.93.